The SMILES string of the molecule is Cc1ccc(C(=O)NC(C)c2ccccc2OC(F)F)cc1NC(=O)c1ccccc1. The lowest BCUT2D eigenvalue weighted by Crippen LogP contribution is -2.27. The van der Waals surface area contributed by atoms with Crippen molar-refractivity contribution in [3.05, 3.63) is 95.1 Å². The van der Waals surface area contributed by atoms with E-state index in [4.69, 9.17) is 0 Å². The maximum Gasteiger partial charge on any atom is 0.387 e. The molecule has 3 aromatic rings. The molecular formula is C24H22F2N2O3. The van der Waals surface area contributed by atoms with Crippen LogP contribution in [0, 0.1) is 6.92 Å². The molecule has 0 aliphatic rings. The molecular weight excluding hydrogens is 402 g/mol. The topological polar surface area (TPSA) is 67.4 Å². The van der Waals surface area contributed by atoms with E-state index in [0.717, 1.165) is 5.56 Å². The zero-order chi connectivity index (χ0) is 22.4. The zero-order valence-electron chi connectivity index (χ0n) is 17.1. The third kappa shape index (κ3) is 5.66. The van der Waals surface area contributed by atoms with Crippen molar-refractivity contribution in [2.24, 2.45) is 0 Å². The predicted octanol–water partition coefficient (Wildman–Crippen LogP) is 5.34. The zero-order valence-corrected chi connectivity index (χ0v) is 17.1. The van der Waals surface area contributed by atoms with Gasteiger partial charge in [-0.15, -0.1) is 0 Å². The summed E-state index contributed by atoms with van der Waals surface area (Å²) < 4.78 is 29.9. The standard InChI is InChI=1S/C24H22F2N2O3/c1-15-12-13-18(14-20(15)28-22(29)17-8-4-3-5-9-17)23(30)27-16(2)19-10-6-7-11-21(19)31-24(25)26/h3-14,16,24H,1-2H3,(H,27,30)(H,28,29). The van der Waals surface area contributed by atoms with Crippen molar-refractivity contribution in [3.8, 4) is 5.75 Å². The number of benzene rings is 3. The number of nitrogens with one attached hydrogen (secondary N) is 2. The first-order chi connectivity index (χ1) is 14.8. The highest BCUT2D eigenvalue weighted by atomic mass is 19.3. The van der Waals surface area contributed by atoms with Crippen LogP contribution in [0.4, 0.5) is 14.5 Å². The summed E-state index contributed by atoms with van der Waals surface area (Å²) in [5, 5.41) is 5.60. The minimum atomic E-state index is -2.96. The molecule has 2 N–H and O–H groups in total. The molecule has 1 atom stereocenters. The van der Waals surface area contributed by atoms with Crippen LogP contribution in [-0.2, 0) is 0 Å². The van der Waals surface area contributed by atoms with Gasteiger partial charge < -0.3 is 15.4 Å². The summed E-state index contributed by atoms with van der Waals surface area (Å²) in [4.78, 5) is 25.2. The van der Waals surface area contributed by atoms with Gasteiger partial charge in [0.2, 0.25) is 0 Å². The lowest BCUT2D eigenvalue weighted by Gasteiger charge is -2.18. The van der Waals surface area contributed by atoms with Crippen LogP contribution in [0.3, 0.4) is 0 Å². The molecule has 0 saturated heterocycles. The summed E-state index contributed by atoms with van der Waals surface area (Å²) >= 11 is 0. The molecule has 7 heteroatoms. The lowest BCUT2D eigenvalue weighted by atomic mass is 10.1. The molecule has 5 nitrogen and oxygen atoms in total. The van der Waals surface area contributed by atoms with E-state index in [1.807, 2.05) is 13.0 Å². The molecule has 0 bridgehead atoms. The van der Waals surface area contributed by atoms with Gasteiger partial charge in [-0.1, -0.05) is 42.5 Å². The second-order valence-electron chi connectivity index (χ2n) is 6.96. The van der Waals surface area contributed by atoms with Gasteiger partial charge in [-0.05, 0) is 49.7 Å². The van der Waals surface area contributed by atoms with E-state index in [0.29, 0.717) is 22.4 Å². The van der Waals surface area contributed by atoms with Crippen molar-refractivity contribution in [1.82, 2.24) is 5.32 Å². The Balaban J connectivity index is 1.75. The molecule has 0 aromatic heterocycles. The van der Waals surface area contributed by atoms with Crippen LogP contribution in [0.5, 0.6) is 5.75 Å². The summed E-state index contributed by atoms with van der Waals surface area (Å²) in [5.74, 6) is -0.688. The number of hydrogen-bond acceptors (Lipinski definition) is 3. The Kier molecular flexibility index (Phi) is 6.97. The number of carbonyl (C=O) groups is 2. The van der Waals surface area contributed by atoms with Crippen LogP contribution in [0.2, 0.25) is 0 Å². The third-order valence-corrected chi connectivity index (χ3v) is 4.73. The smallest absolute Gasteiger partial charge is 0.387 e. The second kappa shape index (κ2) is 9.84. The Hall–Kier alpha value is -3.74. The maximum atomic E-state index is 12.8. The Morgan fingerprint density at radius 2 is 1.55 bits per heavy atom. The van der Waals surface area contributed by atoms with Crippen LogP contribution < -0.4 is 15.4 Å². The predicted molar refractivity (Wildman–Crippen MR) is 115 cm³/mol. The molecule has 0 radical (unpaired) electrons. The van der Waals surface area contributed by atoms with Crippen molar-refractivity contribution in [2.45, 2.75) is 26.5 Å². The highest BCUT2D eigenvalue weighted by molar-refractivity contribution is 6.05. The number of hydrogen-bond donors (Lipinski definition) is 2. The first-order valence-corrected chi connectivity index (χ1v) is 9.67. The normalized spacial score (nSPS) is 11.6. The van der Waals surface area contributed by atoms with Gasteiger partial charge in [0.05, 0.1) is 6.04 Å². The van der Waals surface area contributed by atoms with Gasteiger partial charge in [-0.2, -0.15) is 8.78 Å². The number of ether oxygens (including phenoxy) is 1. The van der Waals surface area contributed by atoms with Gasteiger partial charge in [-0.25, -0.2) is 0 Å². The monoisotopic (exact) mass is 424 g/mol. The molecule has 3 rings (SSSR count). The van der Waals surface area contributed by atoms with Gasteiger partial charge in [0.1, 0.15) is 5.75 Å². The summed E-state index contributed by atoms with van der Waals surface area (Å²) in [6, 6.07) is 19.4. The Morgan fingerprint density at radius 3 is 2.26 bits per heavy atom. The number of aryl methyl sites for hydroxylation is 1. The van der Waals surface area contributed by atoms with Gasteiger partial charge in [0, 0.05) is 22.4 Å². The Labute approximate surface area is 179 Å². The number of para-hydroxylation sites is 1. The fourth-order valence-corrected chi connectivity index (χ4v) is 3.08. The van der Waals surface area contributed by atoms with E-state index < -0.39 is 18.6 Å². The molecule has 1 unspecified atom stereocenters. The number of carbonyl (C=O) groups excluding carboxylic acids is 2. The van der Waals surface area contributed by atoms with E-state index in [1.54, 1.807) is 67.6 Å². The molecule has 0 heterocycles. The highest BCUT2D eigenvalue weighted by Crippen LogP contribution is 2.27. The number of amides is 2. The molecule has 0 saturated carbocycles. The number of anilines is 1. The molecule has 0 aliphatic heterocycles. The first kappa shape index (κ1) is 22.0. The Morgan fingerprint density at radius 1 is 0.871 bits per heavy atom. The summed E-state index contributed by atoms with van der Waals surface area (Å²) in [6.07, 6.45) is 0. The third-order valence-electron chi connectivity index (χ3n) is 4.73. The number of halogens is 2. The summed E-state index contributed by atoms with van der Waals surface area (Å²) in [6.45, 7) is 0.540. The van der Waals surface area contributed by atoms with E-state index in [2.05, 4.69) is 15.4 Å². The van der Waals surface area contributed by atoms with Gasteiger partial charge in [-0.3, -0.25) is 9.59 Å². The van der Waals surface area contributed by atoms with Crippen LogP contribution in [-0.4, -0.2) is 18.4 Å². The van der Waals surface area contributed by atoms with E-state index in [9.17, 15) is 18.4 Å². The highest BCUT2D eigenvalue weighted by Gasteiger charge is 2.18. The molecule has 160 valence electrons. The minimum absolute atomic E-state index is 0.00465. The number of alkyl halides is 2. The summed E-state index contributed by atoms with van der Waals surface area (Å²) in [7, 11) is 0. The van der Waals surface area contributed by atoms with E-state index >= 15 is 0 Å². The lowest BCUT2D eigenvalue weighted by molar-refractivity contribution is -0.0506. The van der Waals surface area contributed by atoms with Gasteiger partial charge in [0.15, 0.2) is 0 Å². The van der Waals surface area contributed by atoms with Crippen molar-refractivity contribution in [2.75, 3.05) is 5.32 Å². The second-order valence-corrected chi connectivity index (χ2v) is 6.96. The van der Waals surface area contributed by atoms with Crippen molar-refractivity contribution >= 4 is 17.5 Å². The van der Waals surface area contributed by atoms with Crippen LogP contribution in [0.1, 0.15) is 44.8 Å². The van der Waals surface area contributed by atoms with E-state index in [1.165, 1.54) is 6.07 Å². The van der Waals surface area contributed by atoms with Gasteiger partial charge in [0.25, 0.3) is 11.8 Å². The van der Waals surface area contributed by atoms with Crippen molar-refractivity contribution in [3.63, 3.8) is 0 Å². The minimum Gasteiger partial charge on any atom is -0.434 e. The van der Waals surface area contributed by atoms with Crippen molar-refractivity contribution < 1.29 is 23.1 Å². The molecule has 0 fully saturated rings. The average Bonchev–Trinajstić information content (AvgIpc) is 2.75. The Bertz CT molecular complexity index is 1070. The van der Waals surface area contributed by atoms with Crippen molar-refractivity contribution in [1.29, 1.82) is 0 Å². The fourth-order valence-electron chi connectivity index (χ4n) is 3.08. The fraction of sp³-hybridized carbons (Fsp3) is 0.167. The summed E-state index contributed by atoms with van der Waals surface area (Å²) in [5.41, 5.74) is 2.56. The molecule has 3 aromatic carbocycles. The first-order valence-electron chi connectivity index (χ1n) is 9.67. The largest absolute Gasteiger partial charge is 0.434 e. The maximum absolute atomic E-state index is 12.8. The molecule has 0 aliphatic carbocycles. The van der Waals surface area contributed by atoms with E-state index in [-0.39, 0.29) is 11.7 Å². The average molecular weight is 424 g/mol. The van der Waals surface area contributed by atoms with Crippen LogP contribution in [0.15, 0.2) is 72.8 Å². The van der Waals surface area contributed by atoms with Crippen LogP contribution in [0.25, 0.3) is 0 Å². The molecule has 0 spiro atoms. The number of rotatable bonds is 7. The molecule has 2 amide bonds. The molecule has 31 heavy (non-hydrogen) atoms. The van der Waals surface area contributed by atoms with Gasteiger partial charge >= 0.3 is 6.61 Å². The quantitative estimate of drug-likeness (QED) is 0.538. The van der Waals surface area contributed by atoms with Crippen LogP contribution >= 0.6 is 0 Å².